The Kier molecular flexibility index (Phi) is 10.8. The number of carbonyl (C=O) groups excluding carboxylic acids is 1. The van der Waals surface area contributed by atoms with Crippen LogP contribution in [-0.4, -0.2) is 21.4 Å². The maximum absolute atomic E-state index is 12.7. The zero-order valence-electron chi connectivity index (χ0n) is 18.7. The van der Waals surface area contributed by atoms with Crippen molar-refractivity contribution >= 4 is 14.3 Å². The molecule has 2 aliphatic carbocycles. The number of hydrogen-bond acceptors (Lipinski definition) is 3. The van der Waals surface area contributed by atoms with E-state index in [0.29, 0.717) is 0 Å². The Morgan fingerprint density at radius 1 is 0.833 bits per heavy atom. The molecule has 3 rings (SSSR count). The average molecular weight is 464 g/mol. The second-order valence-corrected chi connectivity index (χ2v) is 12.9. The summed E-state index contributed by atoms with van der Waals surface area (Å²) in [6.45, 7) is 10.2. The second-order valence-electron chi connectivity index (χ2n) is 8.51. The van der Waals surface area contributed by atoms with Gasteiger partial charge in [-0.3, -0.25) is 4.79 Å². The summed E-state index contributed by atoms with van der Waals surface area (Å²) in [5.74, 6) is 0.692. The van der Waals surface area contributed by atoms with E-state index in [2.05, 4.69) is 19.6 Å². The van der Waals surface area contributed by atoms with E-state index in [1.165, 1.54) is 7.11 Å². The van der Waals surface area contributed by atoms with Crippen molar-refractivity contribution in [2.45, 2.75) is 39.1 Å². The first-order valence-electron chi connectivity index (χ1n) is 9.88. The SMILES string of the molecule is COC(=O)C(C)(C)C(O[Si](C)(C)C)([C]1[CH][CH][CH][CH]1)c1ccccc1.[CH]1[CH][CH][CH][CH]1.[Fe+2]. The first kappa shape index (κ1) is 27.4. The maximum atomic E-state index is 12.7. The number of hydrogen-bond donors (Lipinski definition) is 0. The molecule has 2 fully saturated rings. The fourth-order valence-corrected chi connectivity index (χ4v) is 5.00. The van der Waals surface area contributed by atoms with E-state index in [0.717, 1.165) is 11.5 Å². The fraction of sp³-hybridized carbons (Fsp3) is 0.320. The van der Waals surface area contributed by atoms with Gasteiger partial charge < -0.3 is 9.16 Å². The Morgan fingerprint density at radius 3 is 1.70 bits per heavy atom. The zero-order chi connectivity index (χ0) is 21.5. The largest absolute Gasteiger partial charge is 2.00 e. The fourth-order valence-electron chi connectivity index (χ4n) is 3.59. The number of carbonyl (C=O) groups is 1. The van der Waals surface area contributed by atoms with E-state index in [1.807, 2.05) is 102 Å². The molecule has 1 aromatic rings. The van der Waals surface area contributed by atoms with Gasteiger partial charge in [0.05, 0.1) is 12.5 Å². The first-order chi connectivity index (χ1) is 13.6. The van der Waals surface area contributed by atoms with Crippen LogP contribution in [0.25, 0.3) is 0 Å². The Labute approximate surface area is 196 Å². The molecule has 1 aromatic carbocycles. The van der Waals surface area contributed by atoms with Crippen LogP contribution in [-0.2, 0) is 36.6 Å². The molecule has 160 valence electrons. The van der Waals surface area contributed by atoms with Gasteiger partial charge in [0.1, 0.15) is 5.60 Å². The standard InChI is InChI=1S/C20H27O3Si.C5H5.Fe/c1-19(2,18(21)22-3)20(23-24(4,5)6,17-14-10-11-15-17)16-12-8-7-9-13-16;1-2-4-5-3-1;/h7-15H,1-6H3;1-5H;/q;;+2. The number of benzene rings is 1. The molecule has 2 aliphatic rings. The molecular formula is C25H32FeO3Si+2. The van der Waals surface area contributed by atoms with Crippen molar-refractivity contribution in [1.29, 1.82) is 0 Å². The predicted octanol–water partition coefficient (Wildman–Crippen LogP) is 5.36. The first-order valence-corrected chi connectivity index (χ1v) is 13.3. The van der Waals surface area contributed by atoms with Gasteiger partial charge in [0.15, 0.2) is 8.32 Å². The number of ether oxygens (including phenoxy) is 1. The van der Waals surface area contributed by atoms with Crippen LogP contribution >= 0.6 is 0 Å². The van der Waals surface area contributed by atoms with E-state index in [-0.39, 0.29) is 23.0 Å². The molecule has 0 N–H and O–H groups in total. The Hall–Kier alpha value is -0.614. The normalized spacial score (nSPS) is 19.3. The summed E-state index contributed by atoms with van der Waals surface area (Å²) in [6.07, 6.45) is 18.0. The number of rotatable bonds is 6. The van der Waals surface area contributed by atoms with Gasteiger partial charge in [-0.2, -0.15) is 0 Å². The summed E-state index contributed by atoms with van der Waals surface area (Å²) in [5, 5.41) is 0. The van der Waals surface area contributed by atoms with Crippen LogP contribution < -0.4 is 0 Å². The van der Waals surface area contributed by atoms with Crippen molar-refractivity contribution in [3.63, 3.8) is 0 Å². The molecule has 10 radical (unpaired) electrons. The molecule has 0 heterocycles. The van der Waals surface area contributed by atoms with Crippen molar-refractivity contribution in [3.05, 3.63) is 99.6 Å². The third-order valence-corrected chi connectivity index (χ3v) is 5.76. The Balaban J connectivity index is 0.000000655. The van der Waals surface area contributed by atoms with Crippen LogP contribution in [0.4, 0.5) is 0 Å². The van der Waals surface area contributed by atoms with Crippen LogP contribution in [0.15, 0.2) is 30.3 Å². The molecule has 1 atom stereocenters. The van der Waals surface area contributed by atoms with Crippen molar-refractivity contribution in [2.24, 2.45) is 5.41 Å². The van der Waals surface area contributed by atoms with Gasteiger partial charge >= 0.3 is 23.0 Å². The molecule has 2 saturated carbocycles. The van der Waals surface area contributed by atoms with Crippen molar-refractivity contribution in [3.8, 4) is 0 Å². The summed E-state index contributed by atoms with van der Waals surface area (Å²) >= 11 is 0. The third kappa shape index (κ3) is 6.45. The average Bonchev–Trinajstić information content (AvgIpc) is 3.41. The van der Waals surface area contributed by atoms with Gasteiger partial charge in [0, 0.05) is 5.92 Å². The van der Waals surface area contributed by atoms with Crippen LogP contribution in [0.3, 0.4) is 0 Å². The van der Waals surface area contributed by atoms with Crippen molar-refractivity contribution < 1.29 is 31.0 Å². The van der Waals surface area contributed by atoms with Crippen LogP contribution in [0.2, 0.25) is 19.6 Å². The molecular weight excluding hydrogens is 432 g/mol. The minimum absolute atomic E-state index is 0. The molecule has 0 amide bonds. The van der Waals surface area contributed by atoms with Crippen LogP contribution in [0, 0.1) is 69.1 Å². The molecule has 1 unspecified atom stereocenters. The smallest absolute Gasteiger partial charge is 0.469 e. The van der Waals surface area contributed by atoms with Crippen LogP contribution in [0.5, 0.6) is 0 Å². The van der Waals surface area contributed by atoms with Gasteiger partial charge in [0.2, 0.25) is 0 Å². The molecule has 3 nitrogen and oxygen atoms in total. The zero-order valence-corrected chi connectivity index (χ0v) is 20.8. The van der Waals surface area contributed by atoms with E-state index >= 15 is 0 Å². The van der Waals surface area contributed by atoms with Crippen LogP contribution in [0.1, 0.15) is 19.4 Å². The summed E-state index contributed by atoms with van der Waals surface area (Å²) in [5.41, 5.74) is -0.818. The van der Waals surface area contributed by atoms with Gasteiger partial charge in [-0.1, -0.05) is 30.3 Å². The van der Waals surface area contributed by atoms with E-state index < -0.39 is 19.3 Å². The minimum Gasteiger partial charge on any atom is -0.469 e. The molecule has 0 bridgehead atoms. The van der Waals surface area contributed by atoms with E-state index in [4.69, 9.17) is 9.16 Å². The van der Waals surface area contributed by atoms with Crippen molar-refractivity contribution in [1.82, 2.24) is 0 Å². The summed E-state index contributed by atoms with van der Waals surface area (Å²) in [4.78, 5) is 12.7. The summed E-state index contributed by atoms with van der Waals surface area (Å²) in [7, 11) is -0.578. The molecule has 0 aromatic heterocycles. The van der Waals surface area contributed by atoms with Crippen molar-refractivity contribution in [2.75, 3.05) is 7.11 Å². The molecule has 30 heavy (non-hydrogen) atoms. The Morgan fingerprint density at radius 2 is 1.30 bits per heavy atom. The number of esters is 1. The molecule has 0 aliphatic heterocycles. The molecule has 0 saturated heterocycles. The second kappa shape index (κ2) is 11.9. The Bertz CT molecular complexity index is 624. The monoisotopic (exact) mass is 464 g/mol. The predicted molar refractivity (Wildman–Crippen MR) is 120 cm³/mol. The third-order valence-electron chi connectivity index (χ3n) is 4.84. The van der Waals surface area contributed by atoms with E-state index in [1.54, 1.807) is 0 Å². The minimum atomic E-state index is -2.01. The van der Waals surface area contributed by atoms with Gasteiger partial charge in [0.25, 0.3) is 0 Å². The quantitative estimate of drug-likeness (QED) is 0.420. The maximum Gasteiger partial charge on any atom is 2.00 e. The van der Waals surface area contributed by atoms with Gasteiger partial charge in [-0.25, -0.2) is 0 Å². The summed E-state index contributed by atoms with van der Waals surface area (Å²) < 4.78 is 11.9. The van der Waals surface area contributed by atoms with Gasteiger partial charge in [-0.05, 0) is 96.8 Å². The van der Waals surface area contributed by atoms with E-state index in [9.17, 15) is 4.79 Å². The van der Waals surface area contributed by atoms with Gasteiger partial charge in [-0.15, -0.1) is 0 Å². The molecule has 5 heteroatoms. The number of methoxy groups -OCH3 is 1. The topological polar surface area (TPSA) is 35.5 Å². The molecule has 0 spiro atoms. The summed E-state index contributed by atoms with van der Waals surface area (Å²) in [6, 6.07) is 9.98.